The number of pyridine rings is 1. The molecule has 148 valence electrons. The third-order valence-corrected chi connectivity index (χ3v) is 5.65. The molecule has 3 rings (SSSR count). The van der Waals surface area contributed by atoms with Gasteiger partial charge in [0.2, 0.25) is 0 Å². The van der Waals surface area contributed by atoms with E-state index in [0.717, 1.165) is 12.3 Å². The molecule has 7 nitrogen and oxygen atoms in total. The van der Waals surface area contributed by atoms with Gasteiger partial charge in [0, 0.05) is 36.4 Å². The summed E-state index contributed by atoms with van der Waals surface area (Å²) in [4.78, 5) is 7.90. The number of halogens is 2. The van der Waals surface area contributed by atoms with Gasteiger partial charge < -0.3 is 5.11 Å². The van der Waals surface area contributed by atoms with E-state index >= 15 is 0 Å². The first-order valence-electron chi connectivity index (χ1n) is 8.30. The summed E-state index contributed by atoms with van der Waals surface area (Å²) >= 11 is 0. The molecule has 2 atom stereocenters. The van der Waals surface area contributed by atoms with Crippen molar-refractivity contribution in [2.24, 2.45) is 0 Å². The highest BCUT2D eigenvalue weighted by molar-refractivity contribution is 7.90. The smallest absolute Gasteiger partial charge is 0.192 e. The second-order valence-corrected chi connectivity index (χ2v) is 8.53. The Kier molecular flexibility index (Phi) is 5.26. The van der Waals surface area contributed by atoms with Crippen LogP contribution in [0.4, 0.5) is 8.78 Å². The van der Waals surface area contributed by atoms with Gasteiger partial charge in [-0.05, 0) is 17.7 Å². The molecule has 0 aliphatic rings. The molecule has 0 saturated heterocycles. The van der Waals surface area contributed by atoms with Gasteiger partial charge in [-0.2, -0.15) is 5.10 Å². The van der Waals surface area contributed by atoms with Gasteiger partial charge >= 0.3 is 0 Å². The lowest BCUT2D eigenvalue weighted by Gasteiger charge is -2.34. The summed E-state index contributed by atoms with van der Waals surface area (Å²) < 4.78 is 51.1. The van der Waals surface area contributed by atoms with Crippen LogP contribution < -0.4 is 0 Å². The number of aromatic nitrogens is 4. The average Bonchev–Trinajstić information content (AvgIpc) is 3.13. The monoisotopic (exact) mass is 408 g/mol. The van der Waals surface area contributed by atoms with Gasteiger partial charge in [-0.3, -0.25) is 5.10 Å². The molecule has 0 amide bonds. The fourth-order valence-corrected chi connectivity index (χ4v) is 3.59. The van der Waals surface area contributed by atoms with Crippen molar-refractivity contribution < 1.29 is 22.3 Å². The van der Waals surface area contributed by atoms with E-state index in [1.165, 1.54) is 30.7 Å². The Morgan fingerprint density at radius 2 is 1.96 bits per heavy atom. The summed E-state index contributed by atoms with van der Waals surface area (Å²) in [5, 5.41) is 17.8. The van der Waals surface area contributed by atoms with Gasteiger partial charge in [-0.1, -0.05) is 19.1 Å². The van der Waals surface area contributed by atoms with Crippen molar-refractivity contribution in [3.63, 3.8) is 0 Å². The van der Waals surface area contributed by atoms with E-state index in [1.807, 2.05) is 0 Å². The molecule has 0 saturated carbocycles. The van der Waals surface area contributed by atoms with Gasteiger partial charge in [-0.15, -0.1) is 0 Å². The van der Waals surface area contributed by atoms with Crippen LogP contribution in [0, 0.1) is 11.6 Å². The number of hydrogen-bond acceptors (Lipinski definition) is 6. The van der Waals surface area contributed by atoms with E-state index < -0.39 is 33.0 Å². The van der Waals surface area contributed by atoms with Crippen molar-refractivity contribution >= 4 is 9.84 Å². The Balaban J connectivity index is 2.07. The Hall–Kier alpha value is -2.72. The van der Waals surface area contributed by atoms with E-state index in [2.05, 4.69) is 20.2 Å². The summed E-state index contributed by atoms with van der Waals surface area (Å²) in [6, 6.07) is 5.73. The van der Waals surface area contributed by atoms with Crippen LogP contribution in [0.5, 0.6) is 0 Å². The molecular weight excluding hydrogens is 390 g/mol. The van der Waals surface area contributed by atoms with Gasteiger partial charge in [0.1, 0.15) is 23.6 Å². The van der Waals surface area contributed by atoms with Gasteiger partial charge in [0.15, 0.2) is 20.7 Å². The molecule has 10 heteroatoms. The van der Waals surface area contributed by atoms with Crippen LogP contribution in [-0.4, -0.2) is 39.9 Å². The predicted octanol–water partition coefficient (Wildman–Crippen LogP) is 2.12. The third kappa shape index (κ3) is 3.92. The number of nitrogens with zero attached hydrogens (tertiary/aromatic N) is 3. The maximum Gasteiger partial charge on any atom is 0.192 e. The standard InChI is InChI=1S/C18H18F2N4O3S/c1-11(12-3-6-17(21-9-12)28(2,26)27)18(25,8-16-22-10-23-24-16)14-5-4-13(19)7-15(14)20/h3-7,9-11,25H,8H2,1-2H3,(H,22,23,24). The highest BCUT2D eigenvalue weighted by Gasteiger charge is 2.40. The number of benzene rings is 1. The molecular formula is C18H18F2N4O3S. The minimum Gasteiger partial charge on any atom is -0.384 e. The molecule has 2 aromatic heterocycles. The summed E-state index contributed by atoms with van der Waals surface area (Å²) in [6.45, 7) is 1.63. The molecule has 2 N–H and O–H groups in total. The lowest BCUT2D eigenvalue weighted by atomic mass is 9.76. The second-order valence-electron chi connectivity index (χ2n) is 6.56. The van der Waals surface area contributed by atoms with Crippen LogP contribution in [0.15, 0.2) is 47.9 Å². The van der Waals surface area contributed by atoms with Crippen molar-refractivity contribution in [1.82, 2.24) is 20.2 Å². The zero-order valence-electron chi connectivity index (χ0n) is 15.1. The molecule has 0 aliphatic heterocycles. The lowest BCUT2D eigenvalue weighted by molar-refractivity contribution is 0.00730. The van der Waals surface area contributed by atoms with Crippen molar-refractivity contribution in [3.05, 3.63) is 71.4 Å². The Morgan fingerprint density at radius 3 is 2.50 bits per heavy atom. The first kappa shape index (κ1) is 20.0. The minimum atomic E-state index is -3.48. The third-order valence-electron chi connectivity index (χ3n) is 4.65. The largest absolute Gasteiger partial charge is 0.384 e. The van der Waals surface area contributed by atoms with Gasteiger partial charge in [0.05, 0.1) is 0 Å². The highest BCUT2D eigenvalue weighted by Crippen LogP contribution is 2.40. The Labute approximate surface area is 160 Å². The number of nitrogens with one attached hydrogen (secondary N) is 1. The number of sulfone groups is 1. The lowest BCUT2D eigenvalue weighted by Crippen LogP contribution is -2.36. The van der Waals surface area contributed by atoms with Crippen LogP contribution >= 0.6 is 0 Å². The van der Waals surface area contributed by atoms with E-state index in [9.17, 15) is 22.3 Å². The van der Waals surface area contributed by atoms with Crippen molar-refractivity contribution in [2.75, 3.05) is 6.26 Å². The van der Waals surface area contributed by atoms with Gasteiger partial charge in [0.25, 0.3) is 0 Å². The van der Waals surface area contributed by atoms with Crippen LogP contribution in [-0.2, 0) is 21.9 Å². The van der Waals surface area contributed by atoms with Crippen LogP contribution in [0.2, 0.25) is 0 Å². The number of hydrogen-bond donors (Lipinski definition) is 2. The van der Waals surface area contributed by atoms with Crippen molar-refractivity contribution in [1.29, 1.82) is 0 Å². The summed E-state index contributed by atoms with van der Waals surface area (Å²) in [5.41, 5.74) is -1.50. The topological polar surface area (TPSA) is 109 Å². The average molecular weight is 408 g/mol. The fraction of sp³-hybridized carbons (Fsp3) is 0.278. The molecule has 0 spiro atoms. The molecule has 0 radical (unpaired) electrons. The molecule has 2 unspecified atom stereocenters. The molecule has 3 aromatic rings. The normalized spacial score (nSPS) is 15.2. The molecule has 2 heterocycles. The summed E-state index contributed by atoms with van der Waals surface area (Å²) in [6.07, 6.45) is 3.51. The Bertz CT molecular complexity index is 1070. The Morgan fingerprint density at radius 1 is 1.21 bits per heavy atom. The predicted molar refractivity (Wildman–Crippen MR) is 96.1 cm³/mol. The van der Waals surface area contributed by atoms with E-state index in [4.69, 9.17) is 0 Å². The minimum absolute atomic E-state index is 0.117. The number of rotatable bonds is 6. The van der Waals surface area contributed by atoms with Crippen LogP contribution in [0.25, 0.3) is 0 Å². The summed E-state index contributed by atoms with van der Waals surface area (Å²) in [5.74, 6) is -2.19. The van der Waals surface area contributed by atoms with Crippen molar-refractivity contribution in [2.45, 2.75) is 29.9 Å². The SMILES string of the molecule is CC(c1ccc(S(C)(=O)=O)nc1)C(O)(Cc1nc[nH]n1)c1ccc(F)cc1F. The number of aromatic amines is 1. The van der Waals surface area contributed by atoms with E-state index in [1.54, 1.807) is 6.92 Å². The van der Waals surface area contributed by atoms with Gasteiger partial charge in [-0.25, -0.2) is 27.2 Å². The van der Waals surface area contributed by atoms with Crippen LogP contribution in [0.1, 0.15) is 29.8 Å². The van der Waals surface area contributed by atoms with E-state index in [-0.39, 0.29) is 22.8 Å². The molecule has 0 aliphatic carbocycles. The fourth-order valence-electron chi connectivity index (χ4n) is 3.03. The summed E-state index contributed by atoms with van der Waals surface area (Å²) in [7, 11) is -3.48. The zero-order valence-corrected chi connectivity index (χ0v) is 15.9. The first-order valence-corrected chi connectivity index (χ1v) is 10.2. The second kappa shape index (κ2) is 7.36. The maximum atomic E-state index is 14.5. The maximum absolute atomic E-state index is 14.5. The molecule has 0 bridgehead atoms. The molecule has 28 heavy (non-hydrogen) atoms. The molecule has 0 fully saturated rings. The van der Waals surface area contributed by atoms with Crippen LogP contribution in [0.3, 0.4) is 0 Å². The highest BCUT2D eigenvalue weighted by atomic mass is 32.2. The number of aliphatic hydroxyl groups is 1. The quantitative estimate of drug-likeness (QED) is 0.647. The molecule has 1 aromatic carbocycles. The van der Waals surface area contributed by atoms with E-state index in [0.29, 0.717) is 11.6 Å². The first-order chi connectivity index (χ1) is 13.1. The number of H-pyrrole nitrogens is 1. The zero-order chi connectivity index (χ0) is 20.5. The van der Waals surface area contributed by atoms with Crippen molar-refractivity contribution in [3.8, 4) is 0 Å².